The zero-order valence-corrected chi connectivity index (χ0v) is 12.1. The standard InChI is InChI=1S/C13H18N4O2.ClH/c1-19-8-7-14-5-6-15-13(18)10-3-2-4-12-11(10)9-16-17-12;/h2-4,9,14H,5-8H2,1H3,(H,15,18)(H,16,17);1H. The molecule has 2 rings (SSSR count). The van der Waals surface area contributed by atoms with Gasteiger partial charge in [-0.2, -0.15) is 5.10 Å². The van der Waals surface area contributed by atoms with Crippen molar-refractivity contribution in [3.63, 3.8) is 0 Å². The highest BCUT2D eigenvalue weighted by Crippen LogP contribution is 2.15. The molecule has 0 saturated carbocycles. The minimum atomic E-state index is -0.0828. The molecule has 0 aliphatic rings. The van der Waals surface area contributed by atoms with Gasteiger partial charge in [0, 0.05) is 32.1 Å². The van der Waals surface area contributed by atoms with Crippen molar-refractivity contribution in [3.8, 4) is 0 Å². The Balaban J connectivity index is 0.00000200. The second-order valence-electron chi connectivity index (χ2n) is 4.14. The summed E-state index contributed by atoms with van der Waals surface area (Å²) in [5.41, 5.74) is 1.51. The largest absolute Gasteiger partial charge is 0.383 e. The number of benzene rings is 1. The van der Waals surface area contributed by atoms with Gasteiger partial charge in [-0.3, -0.25) is 9.89 Å². The number of nitrogens with zero attached hydrogens (tertiary/aromatic N) is 1. The molecule has 0 saturated heterocycles. The molecule has 0 radical (unpaired) electrons. The highest BCUT2D eigenvalue weighted by atomic mass is 35.5. The van der Waals surface area contributed by atoms with Gasteiger partial charge in [-0.05, 0) is 12.1 Å². The van der Waals surface area contributed by atoms with Crippen LogP contribution in [0.5, 0.6) is 0 Å². The van der Waals surface area contributed by atoms with Gasteiger partial charge in [-0.1, -0.05) is 6.07 Å². The summed E-state index contributed by atoms with van der Waals surface area (Å²) >= 11 is 0. The maximum Gasteiger partial charge on any atom is 0.252 e. The minimum Gasteiger partial charge on any atom is -0.383 e. The van der Waals surface area contributed by atoms with Gasteiger partial charge in [0.15, 0.2) is 0 Å². The Bertz CT molecular complexity index is 544. The predicted octanol–water partition coefficient (Wildman–Crippen LogP) is 0.951. The van der Waals surface area contributed by atoms with Crippen molar-refractivity contribution in [1.29, 1.82) is 0 Å². The normalized spacial score (nSPS) is 10.2. The molecule has 20 heavy (non-hydrogen) atoms. The lowest BCUT2D eigenvalue weighted by Crippen LogP contribution is -2.33. The lowest BCUT2D eigenvalue weighted by Gasteiger charge is -2.07. The van der Waals surface area contributed by atoms with Gasteiger partial charge in [0.25, 0.3) is 5.91 Å². The third-order valence-corrected chi connectivity index (χ3v) is 2.80. The number of aromatic amines is 1. The van der Waals surface area contributed by atoms with E-state index in [0.717, 1.165) is 24.0 Å². The molecule has 6 nitrogen and oxygen atoms in total. The number of aromatic nitrogens is 2. The summed E-state index contributed by atoms with van der Waals surface area (Å²) in [5, 5.41) is 13.7. The van der Waals surface area contributed by atoms with E-state index in [1.807, 2.05) is 12.1 Å². The fourth-order valence-corrected chi connectivity index (χ4v) is 1.83. The molecule has 7 heteroatoms. The molecular formula is C13H19ClN4O2. The molecule has 1 aromatic carbocycles. The van der Waals surface area contributed by atoms with Crippen LogP contribution in [0.15, 0.2) is 24.4 Å². The fraction of sp³-hybridized carbons (Fsp3) is 0.385. The molecule has 0 bridgehead atoms. The average molecular weight is 299 g/mol. The van der Waals surface area contributed by atoms with Gasteiger partial charge in [-0.25, -0.2) is 0 Å². The number of hydrogen-bond acceptors (Lipinski definition) is 4. The van der Waals surface area contributed by atoms with Crippen LogP contribution < -0.4 is 10.6 Å². The van der Waals surface area contributed by atoms with Crippen LogP contribution in [0.3, 0.4) is 0 Å². The molecular weight excluding hydrogens is 280 g/mol. The number of nitrogens with one attached hydrogen (secondary N) is 3. The molecule has 0 aliphatic heterocycles. The maximum atomic E-state index is 12.0. The number of hydrogen-bond donors (Lipinski definition) is 3. The highest BCUT2D eigenvalue weighted by Gasteiger charge is 2.09. The van der Waals surface area contributed by atoms with Crippen molar-refractivity contribution in [2.75, 3.05) is 33.4 Å². The van der Waals surface area contributed by atoms with Crippen LogP contribution in [-0.2, 0) is 4.74 Å². The molecule has 0 aliphatic carbocycles. The fourth-order valence-electron chi connectivity index (χ4n) is 1.83. The van der Waals surface area contributed by atoms with Crippen LogP contribution >= 0.6 is 12.4 Å². The van der Waals surface area contributed by atoms with Crippen LogP contribution in [0.1, 0.15) is 10.4 Å². The Morgan fingerprint density at radius 3 is 3.00 bits per heavy atom. The van der Waals surface area contributed by atoms with Gasteiger partial charge in [-0.15, -0.1) is 12.4 Å². The number of amides is 1. The number of H-pyrrole nitrogens is 1. The van der Waals surface area contributed by atoms with E-state index in [1.54, 1.807) is 19.4 Å². The van der Waals surface area contributed by atoms with Crippen LogP contribution in [0.4, 0.5) is 0 Å². The van der Waals surface area contributed by atoms with Crippen LogP contribution in [0, 0.1) is 0 Å². The van der Waals surface area contributed by atoms with Gasteiger partial charge >= 0.3 is 0 Å². The Labute approximate surface area is 123 Å². The number of rotatable bonds is 7. The first-order valence-electron chi connectivity index (χ1n) is 6.23. The summed E-state index contributed by atoms with van der Waals surface area (Å²) in [6.07, 6.45) is 1.67. The highest BCUT2D eigenvalue weighted by molar-refractivity contribution is 6.05. The number of carbonyl (C=O) groups is 1. The van der Waals surface area contributed by atoms with Crippen molar-refractivity contribution < 1.29 is 9.53 Å². The van der Waals surface area contributed by atoms with Crippen LogP contribution in [-0.4, -0.2) is 49.5 Å². The number of halogens is 1. The van der Waals surface area contributed by atoms with Gasteiger partial charge in [0.05, 0.1) is 23.9 Å². The first-order valence-corrected chi connectivity index (χ1v) is 6.23. The number of carbonyl (C=O) groups excluding carboxylic acids is 1. The maximum absolute atomic E-state index is 12.0. The Morgan fingerprint density at radius 1 is 1.35 bits per heavy atom. The third-order valence-electron chi connectivity index (χ3n) is 2.80. The number of fused-ring (bicyclic) bond motifs is 1. The van der Waals surface area contributed by atoms with E-state index < -0.39 is 0 Å². The van der Waals surface area contributed by atoms with E-state index in [1.165, 1.54) is 0 Å². The van der Waals surface area contributed by atoms with E-state index in [9.17, 15) is 4.79 Å². The quantitative estimate of drug-likeness (QED) is 0.665. The molecule has 0 atom stereocenters. The number of methoxy groups -OCH3 is 1. The monoisotopic (exact) mass is 298 g/mol. The topological polar surface area (TPSA) is 79.0 Å². The third kappa shape index (κ3) is 4.19. The average Bonchev–Trinajstić information content (AvgIpc) is 2.90. The summed E-state index contributed by atoms with van der Waals surface area (Å²) in [6, 6.07) is 5.53. The van der Waals surface area contributed by atoms with Crippen molar-refractivity contribution in [3.05, 3.63) is 30.0 Å². The summed E-state index contributed by atoms with van der Waals surface area (Å²) in [5.74, 6) is -0.0828. The van der Waals surface area contributed by atoms with Crippen molar-refractivity contribution >= 4 is 29.2 Å². The smallest absolute Gasteiger partial charge is 0.252 e. The van der Waals surface area contributed by atoms with Crippen molar-refractivity contribution in [1.82, 2.24) is 20.8 Å². The predicted molar refractivity (Wildman–Crippen MR) is 80.4 cm³/mol. The van der Waals surface area contributed by atoms with Crippen molar-refractivity contribution in [2.45, 2.75) is 0 Å². The molecule has 0 fully saturated rings. The molecule has 1 heterocycles. The lowest BCUT2D eigenvalue weighted by molar-refractivity contribution is 0.0955. The van der Waals surface area contributed by atoms with Crippen molar-refractivity contribution in [2.24, 2.45) is 0 Å². The molecule has 1 aromatic heterocycles. The molecule has 3 N–H and O–H groups in total. The molecule has 1 amide bonds. The Morgan fingerprint density at radius 2 is 2.20 bits per heavy atom. The van der Waals surface area contributed by atoms with E-state index in [4.69, 9.17) is 4.74 Å². The summed E-state index contributed by atoms with van der Waals surface area (Å²) in [4.78, 5) is 12.0. The lowest BCUT2D eigenvalue weighted by atomic mass is 10.1. The first-order chi connectivity index (χ1) is 9.33. The summed E-state index contributed by atoms with van der Waals surface area (Å²) in [7, 11) is 1.66. The van der Waals surface area contributed by atoms with E-state index in [-0.39, 0.29) is 18.3 Å². The molecule has 110 valence electrons. The van der Waals surface area contributed by atoms with Gasteiger partial charge in [0.1, 0.15) is 0 Å². The Kier molecular flexibility index (Phi) is 7.00. The van der Waals surface area contributed by atoms with E-state index >= 15 is 0 Å². The summed E-state index contributed by atoms with van der Waals surface area (Å²) in [6.45, 7) is 2.75. The molecule has 0 unspecified atom stereocenters. The van der Waals surface area contributed by atoms with E-state index in [0.29, 0.717) is 18.7 Å². The second kappa shape index (κ2) is 8.52. The SMILES string of the molecule is COCCNCCNC(=O)c1cccc2[nH]ncc12.Cl. The second-order valence-corrected chi connectivity index (χ2v) is 4.14. The van der Waals surface area contributed by atoms with Crippen LogP contribution in [0.25, 0.3) is 10.9 Å². The van der Waals surface area contributed by atoms with Gasteiger partial charge in [0.2, 0.25) is 0 Å². The first kappa shape index (κ1) is 16.4. The summed E-state index contributed by atoms with van der Waals surface area (Å²) < 4.78 is 4.92. The number of ether oxygens (including phenoxy) is 1. The van der Waals surface area contributed by atoms with E-state index in [2.05, 4.69) is 20.8 Å². The molecule has 0 spiro atoms. The minimum absolute atomic E-state index is 0. The zero-order valence-electron chi connectivity index (χ0n) is 11.3. The Hall–Kier alpha value is -1.63. The van der Waals surface area contributed by atoms with Crippen LogP contribution in [0.2, 0.25) is 0 Å². The molecule has 2 aromatic rings. The van der Waals surface area contributed by atoms with Gasteiger partial charge < -0.3 is 15.4 Å². The zero-order chi connectivity index (χ0) is 13.5.